The normalized spacial score (nSPS) is 5.33. The van der Waals surface area contributed by atoms with Crippen LogP contribution in [0.25, 0.3) is 0 Å². The molecule has 0 aliphatic carbocycles. The van der Waals surface area contributed by atoms with Crippen molar-refractivity contribution in [2.24, 2.45) is 5.84 Å². The standard InChI is InChI=1S/C2H5N3.ClH/c3-1-2-5-4;/h5H,2,4H2;1H. The second kappa shape index (κ2) is 8.83. The van der Waals surface area contributed by atoms with Gasteiger partial charge in [-0.2, -0.15) is 5.26 Å². The second-order valence-electron chi connectivity index (χ2n) is 0.539. The van der Waals surface area contributed by atoms with Crippen molar-refractivity contribution in [3.8, 4) is 6.07 Å². The van der Waals surface area contributed by atoms with Gasteiger partial charge in [-0.1, -0.05) is 0 Å². The zero-order chi connectivity index (χ0) is 4.12. The number of nitrogens with one attached hydrogen (secondary N) is 1. The molecule has 0 saturated carbocycles. The summed E-state index contributed by atoms with van der Waals surface area (Å²) in [6, 6.07) is 1.78. The zero-order valence-corrected chi connectivity index (χ0v) is 3.96. The molecular weight excluding hydrogens is 101 g/mol. The molecular formula is C2H6ClN3. The highest BCUT2D eigenvalue weighted by atomic mass is 35.5. The Morgan fingerprint density at radius 1 is 1.83 bits per heavy atom. The van der Waals surface area contributed by atoms with Crippen LogP contribution in [0.2, 0.25) is 0 Å². The molecule has 0 atom stereocenters. The van der Waals surface area contributed by atoms with Crippen LogP contribution < -0.4 is 11.3 Å². The maximum Gasteiger partial charge on any atom is 0.0969 e. The Bertz CT molecular complexity index is 47.2. The van der Waals surface area contributed by atoms with E-state index in [1.54, 1.807) is 6.07 Å². The largest absolute Gasteiger partial charge is 0.270 e. The number of hydrogen-bond acceptors (Lipinski definition) is 3. The molecule has 36 valence electrons. The van der Waals surface area contributed by atoms with Crippen molar-refractivity contribution in [1.29, 1.82) is 5.26 Å². The molecule has 6 heavy (non-hydrogen) atoms. The van der Waals surface area contributed by atoms with E-state index in [9.17, 15) is 0 Å². The first-order valence-corrected chi connectivity index (χ1v) is 1.22. The van der Waals surface area contributed by atoms with E-state index in [2.05, 4.69) is 11.3 Å². The Hall–Kier alpha value is -0.300. The fraction of sp³-hybridized carbons (Fsp3) is 0.500. The highest BCUT2D eigenvalue weighted by Gasteiger charge is 1.60. The van der Waals surface area contributed by atoms with E-state index >= 15 is 0 Å². The van der Waals surface area contributed by atoms with Crippen molar-refractivity contribution in [3.63, 3.8) is 0 Å². The number of nitriles is 1. The number of halogens is 1. The molecule has 0 amide bonds. The highest BCUT2D eigenvalue weighted by molar-refractivity contribution is 5.85. The van der Waals surface area contributed by atoms with Crippen molar-refractivity contribution >= 4 is 12.4 Å². The van der Waals surface area contributed by atoms with E-state index in [-0.39, 0.29) is 19.0 Å². The summed E-state index contributed by atoms with van der Waals surface area (Å²) in [4.78, 5) is 0. The van der Waals surface area contributed by atoms with Gasteiger partial charge in [-0.15, -0.1) is 12.4 Å². The molecule has 0 radical (unpaired) electrons. The predicted molar refractivity (Wildman–Crippen MR) is 25.1 cm³/mol. The molecule has 0 aliphatic heterocycles. The molecule has 4 heteroatoms. The lowest BCUT2D eigenvalue weighted by molar-refractivity contribution is 0.830. The Kier molecular flexibility index (Phi) is 13.5. The Labute approximate surface area is 42.5 Å². The van der Waals surface area contributed by atoms with Crippen molar-refractivity contribution in [1.82, 2.24) is 5.43 Å². The molecule has 0 aliphatic rings. The number of nitrogens with two attached hydrogens (primary N) is 1. The fourth-order valence-corrected chi connectivity index (χ4v) is 0.0456. The summed E-state index contributed by atoms with van der Waals surface area (Å²) in [5.74, 6) is 4.67. The van der Waals surface area contributed by atoms with E-state index in [1.165, 1.54) is 0 Å². The molecule has 0 fully saturated rings. The minimum Gasteiger partial charge on any atom is -0.270 e. The van der Waals surface area contributed by atoms with E-state index in [1.807, 2.05) is 0 Å². The summed E-state index contributed by atoms with van der Waals surface area (Å²) >= 11 is 0. The molecule has 0 unspecified atom stereocenters. The minimum atomic E-state index is 0. The molecule has 3 nitrogen and oxygen atoms in total. The van der Waals surface area contributed by atoms with Gasteiger partial charge in [0.25, 0.3) is 0 Å². The third kappa shape index (κ3) is 9.33. The molecule has 0 saturated heterocycles. The predicted octanol–water partition coefficient (Wildman–Crippen LogP) is -0.605. The van der Waals surface area contributed by atoms with Crippen LogP contribution in [-0.2, 0) is 0 Å². The van der Waals surface area contributed by atoms with Crippen LogP contribution in [0.1, 0.15) is 0 Å². The van der Waals surface area contributed by atoms with Crippen LogP contribution in [0, 0.1) is 11.3 Å². The number of nitrogens with zero attached hydrogens (tertiary/aromatic N) is 1. The second-order valence-corrected chi connectivity index (χ2v) is 0.539. The first kappa shape index (κ1) is 9.20. The van der Waals surface area contributed by atoms with E-state index in [0.717, 1.165) is 0 Å². The monoisotopic (exact) mass is 107 g/mol. The number of hydrazine groups is 1. The molecule has 0 aromatic carbocycles. The zero-order valence-electron chi connectivity index (χ0n) is 3.14. The summed E-state index contributed by atoms with van der Waals surface area (Å²) in [5, 5.41) is 7.67. The number of hydrogen-bond donors (Lipinski definition) is 2. The summed E-state index contributed by atoms with van der Waals surface area (Å²) < 4.78 is 0. The first-order valence-electron chi connectivity index (χ1n) is 1.22. The summed E-state index contributed by atoms with van der Waals surface area (Å²) in [6.45, 7) is 0.222. The average Bonchev–Trinajstić information content (AvgIpc) is 1.41. The molecule has 0 aromatic heterocycles. The smallest absolute Gasteiger partial charge is 0.0969 e. The van der Waals surface area contributed by atoms with Gasteiger partial charge in [0, 0.05) is 0 Å². The van der Waals surface area contributed by atoms with Crippen molar-refractivity contribution in [2.45, 2.75) is 0 Å². The van der Waals surface area contributed by atoms with Crippen LogP contribution in [0.15, 0.2) is 0 Å². The molecule has 0 bridgehead atoms. The summed E-state index contributed by atoms with van der Waals surface area (Å²) in [6.07, 6.45) is 0. The van der Waals surface area contributed by atoms with Gasteiger partial charge in [-0.25, -0.2) is 5.43 Å². The van der Waals surface area contributed by atoms with Gasteiger partial charge in [-0.05, 0) is 0 Å². The highest BCUT2D eigenvalue weighted by Crippen LogP contribution is 1.34. The fourth-order valence-electron chi connectivity index (χ4n) is 0.0456. The minimum absolute atomic E-state index is 0. The quantitative estimate of drug-likeness (QED) is 0.267. The average molecular weight is 108 g/mol. The lowest BCUT2D eigenvalue weighted by Gasteiger charge is -1.74. The molecule has 0 spiro atoms. The Morgan fingerprint density at radius 3 is 2.33 bits per heavy atom. The Morgan fingerprint density at radius 2 is 2.33 bits per heavy atom. The maximum absolute atomic E-state index is 7.67. The van der Waals surface area contributed by atoms with Gasteiger partial charge in [0.15, 0.2) is 0 Å². The topological polar surface area (TPSA) is 61.8 Å². The van der Waals surface area contributed by atoms with Crippen LogP contribution in [0.4, 0.5) is 0 Å². The van der Waals surface area contributed by atoms with Gasteiger partial charge in [0.2, 0.25) is 0 Å². The van der Waals surface area contributed by atoms with Crippen molar-refractivity contribution in [2.75, 3.05) is 6.54 Å². The van der Waals surface area contributed by atoms with E-state index in [0.29, 0.717) is 0 Å². The SMILES string of the molecule is Cl.N#CCNN. The Balaban J connectivity index is 0. The van der Waals surface area contributed by atoms with Crippen LogP contribution in [-0.4, -0.2) is 6.54 Å². The van der Waals surface area contributed by atoms with Gasteiger partial charge < -0.3 is 0 Å². The lowest BCUT2D eigenvalue weighted by Crippen LogP contribution is -2.21. The van der Waals surface area contributed by atoms with Crippen LogP contribution in [0.3, 0.4) is 0 Å². The van der Waals surface area contributed by atoms with Crippen molar-refractivity contribution < 1.29 is 0 Å². The van der Waals surface area contributed by atoms with Crippen LogP contribution >= 0.6 is 12.4 Å². The molecule has 3 N–H and O–H groups in total. The molecule has 0 heterocycles. The van der Waals surface area contributed by atoms with Gasteiger partial charge >= 0.3 is 0 Å². The van der Waals surface area contributed by atoms with Crippen LogP contribution in [0.5, 0.6) is 0 Å². The maximum atomic E-state index is 7.67. The number of rotatable bonds is 1. The van der Waals surface area contributed by atoms with E-state index < -0.39 is 0 Å². The van der Waals surface area contributed by atoms with E-state index in [4.69, 9.17) is 5.26 Å². The summed E-state index contributed by atoms with van der Waals surface area (Å²) in [7, 11) is 0. The van der Waals surface area contributed by atoms with Gasteiger partial charge in [0.05, 0.1) is 12.6 Å². The van der Waals surface area contributed by atoms with Gasteiger partial charge in [-0.3, -0.25) is 5.84 Å². The first-order chi connectivity index (χ1) is 2.41. The third-order valence-electron chi connectivity index (χ3n) is 0.181. The third-order valence-corrected chi connectivity index (χ3v) is 0.181. The van der Waals surface area contributed by atoms with Gasteiger partial charge in [0.1, 0.15) is 0 Å². The summed E-state index contributed by atoms with van der Waals surface area (Å²) in [5.41, 5.74) is 2.16. The van der Waals surface area contributed by atoms with Crippen molar-refractivity contribution in [3.05, 3.63) is 0 Å². The lowest BCUT2D eigenvalue weighted by atomic mass is 10.8. The molecule has 0 aromatic rings. The molecule has 0 rings (SSSR count).